The molecule has 0 radical (unpaired) electrons. The van der Waals surface area contributed by atoms with E-state index in [1.54, 1.807) is 28.4 Å². The summed E-state index contributed by atoms with van der Waals surface area (Å²) in [6.07, 6.45) is 0. The molecule has 1 rings (SSSR count). The molecular weight excluding hydrogens is 308 g/mol. The van der Waals surface area contributed by atoms with E-state index in [9.17, 15) is 0 Å². The third-order valence-electron chi connectivity index (χ3n) is 3.73. The van der Waals surface area contributed by atoms with E-state index in [-0.39, 0.29) is 0 Å². The number of methoxy groups -OCH3 is 3. The molecule has 7 nitrogen and oxygen atoms in total. The van der Waals surface area contributed by atoms with Crippen molar-refractivity contribution in [3.63, 3.8) is 0 Å². The van der Waals surface area contributed by atoms with Crippen molar-refractivity contribution in [2.75, 3.05) is 55.1 Å². The van der Waals surface area contributed by atoms with Crippen LogP contribution in [0.3, 0.4) is 0 Å². The SMILES string of the molecule is CCN(C)CCNC(=NC)NCc1cc(OC)c(OC)c(OC)c1. The minimum absolute atomic E-state index is 0.592. The number of aliphatic imine (C=N–C) groups is 1. The maximum absolute atomic E-state index is 5.37. The van der Waals surface area contributed by atoms with E-state index < -0.39 is 0 Å². The van der Waals surface area contributed by atoms with Gasteiger partial charge in [-0.3, -0.25) is 4.99 Å². The number of benzene rings is 1. The molecule has 0 aliphatic rings. The molecule has 0 aromatic heterocycles. The Balaban J connectivity index is 2.68. The summed E-state index contributed by atoms with van der Waals surface area (Å²) in [6, 6.07) is 3.85. The number of nitrogens with zero attached hydrogens (tertiary/aromatic N) is 2. The van der Waals surface area contributed by atoms with Gasteiger partial charge in [-0.2, -0.15) is 0 Å². The van der Waals surface area contributed by atoms with Gasteiger partial charge in [-0.05, 0) is 31.3 Å². The largest absolute Gasteiger partial charge is 0.493 e. The predicted molar refractivity (Wildman–Crippen MR) is 97.5 cm³/mol. The van der Waals surface area contributed by atoms with E-state index in [2.05, 4.69) is 34.5 Å². The zero-order valence-corrected chi connectivity index (χ0v) is 15.6. The van der Waals surface area contributed by atoms with Crippen molar-refractivity contribution in [2.45, 2.75) is 13.5 Å². The van der Waals surface area contributed by atoms with E-state index in [0.717, 1.165) is 31.2 Å². The second kappa shape index (κ2) is 10.6. The van der Waals surface area contributed by atoms with Crippen molar-refractivity contribution < 1.29 is 14.2 Å². The molecule has 136 valence electrons. The van der Waals surface area contributed by atoms with Crippen molar-refractivity contribution in [3.8, 4) is 17.2 Å². The Morgan fingerprint density at radius 2 is 1.71 bits per heavy atom. The zero-order valence-electron chi connectivity index (χ0n) is 15.6. The van der Waals surface area contributed by atoms with Gasteiger partial charge < -0.3 is 29.7 Å². The Bertz CT molecular complexity index is 510. The van der Waals surface area contributed by atoms with E-state index in [0.29, 0.717) is 23.8 Å². The molecule has 0 saturated heterocycles. The zero-order chi connectivity index (χ0) is 17.9. The molecular formula is C17H30N4O3. The fourth-order valence-electron chi connectivity index (χ4n) is 2.17. The minimum atomic E-state index is 0.592. The lowest BCUT2D eigenvalue weighted by atomic mass is 10.2. The molecule has 0 aliphatic heterocycles. The standard InChI is InChI=1S/C17H30N4O3/c1-7-21(3)9-8-19-17(18-2)20-12-13-10-14(22-4)16(24-6)15(11-13)23-5/h10-11H,7-9,12H2,1-6H3,(H2,18,19,20). The fraction of sp³-hybridized carbons (Fsp3) is 0.588. The van der Waals surface area contributed by atoms with Crippen LogP contribution in [0.2, 0.25) is 0 Å². The molecule has 0 fully saturated rings. The third kappa shape index (κ3) is 5.81. The third-order valence-corrected chi connectivity index (χ3v) is 3.73. The lowest BCUT2D eigenvalue weighted by Crippen LogP contribution is -2.40. The Kier molecular flexibility index (Phi) is 8.78. The number of hydrogen-bond acceptors (Lipinski definition) is 5. The molecule has 0 atom stereocenters. The normalized spacial score (nSPS) is 11.4. The minimum Gasteiger partial charge on any atom is -0.493 e. The van der Waals surface area contributed by atoms with E-state index in [1.807, 2.05) is 12.1 Å². The van der Waals surface area contributed by atoms with Crippen molar-refractivity contribution in [1.29, 1.82) is 0 Å². The summed E-state index contributed by atoms with van der Waals surface area (Å²) in [5, 5.41) is 6.58. The summed E-state index contributed by atoms with van der Waals surface area (Å²) in [6.45, 7) is 5.55. The first kappa shape index (κ1) is 19.9. The van der Waals surface area contributed by atoms with Crippen LogP contribution in [0.15, 0.2) is 17.1 Å². The van der Waals surface area contributed by atoms with Gasteiger partial charge in [0.05, 0.1) is 21.3 Å². The molecule has 0 spiro atoms. The van der Waals surface area contributed by atoms with Crippen LogP contribution < -0.4 is 24.8 Å². The molecule has 2 N–H and O–H groups in total. The average molecular weight is 338 g/mol. The van der Waals surface area contributed by atoms with Crippen LogP contribution in [0, 0.1) is 0 Å². The maximum atomic E-state index is 5.37. The highest BCUT2D eigenvalue weighted by molar-refractivity contribution is 5.79. The highest BCUT2D eigenvalue weighted by atomic mass is 16.5. The summed E-state index contributed by atoms with van der Waals surface area (Å²) in [4.78, 5) is 6.47. The first-order valence-electron chi connectivity index (χ1n) is 8.01. The van der Waals surface area contributed by atoms with Gasteiger partial charge in [0.15, 0.2) is 17.5 Å². The van der Waals surface area contributed by atoms with E-state index in [4.69, 9.17) is 14.2 Å². The van der Waals surface area contributed by atoms with Gasteiger partial charge >= 0.3 is 0 Å². The molecule has 0 aliphatic carbocycles. The lowest BCUT2D eigenvalue weighted by Gasteiger charge is -2.17. The second-order valence-electron chi connectivity index (χ2n) is 5.28. The second-order valence-corrected chi connectivity index (χ2v) is 5.28. The Morgan fingerprint density at radius 1 is 1.08 bits per heavy atom. The highest BCUT2D eigenvalue weighted by Crippen LogP contribution is 2.38. The van der Waals surface area contributed by atoms with Crippen LogP contribution in [0.1, 0.15) is 12.5 Å². The van der Waals surface area contributed by atoms with Crippen LogP contribution in [0.5, 0.6) is 17.2 Å². The number of likely N-dealkylation sites (N-methyl/N-ethyl adjacent to an activating group) is 1. The number of guanidine groups is 1. The van der Waals surface area contributed by atoms with Gasteiger partial charge in [0.2, 0.25) is 5.75 Å². The average Bonchev–Trinajstić information content (AvgIpc) is 2.62. The van der Waals surface area contributed by atoms with E-state index in [1.165, 1.54) is 0 Å². The quantitative estimate of drug-likeness (QED) is 0.523. The number of nitrogens with one attached hydrogen (secondary N) is 2. The molecule has 0 bridgehead atoms. The smallest absolute Gasteiger partial charge is 0.203 e. The predicted octanol–water partition coefficient (Wildman–Crippen LogP) is 1.33. The van der Waals surface area contributed by atoms with Crippen molar-refractivity contribution in [3.05, 3.63) is 17.7 Å². The Labute approximate surface area is 145 Å². The lowest BCUT2D eigenvalue weighted by molar-refractivity contribution is 0.323. The topological polar surface area (TPSA) is 67.4 Å². The molecule has 7 heteroatoms. The molecule has 0 amide bonds. The molecule has 24 heavy (non-hydrogen) atoms. The summed E-state index contributed by atoms with van der Waals surface area (Å²) in [7, 11) is 8.66. The van der Waals surface area contributed by atoms with Crippen LogP contribution in [0.25, 0.3) is 0 Å². The number of ether oxygens (including phenoxy) is 3. The van der Waals surface area contributed by atoms with Crippen molar-refractivity contribution >= 4 is 5.96 Å². The number of rotatable bonds is 9. The molecule has 1 aromatic carbocycles. The van der Waals surface area contributed by atoms with Gasteiger partial charge in [0.1, 0.15) is 0 Å². The molecule has 0 unspecified atom stereocenters. The maximum Gasteiger partial charge on any atom is 0.203 e. The summed E-state index contributed by atoms with van der Waals surface area (Å²) >= 11 is 0. The monoisotopic (exact) mass is 338 g/mol. The van der Waals surface area contributed by atoms with Gasteiger partial charge in [-0.1, -0.05) is 6.92 Å². The van der Waals surface area contributed by atoms with Crippen LogP contribution in [-0.4, -0.2) is 65.9 Å². The van der Waals surface area contributed by atoms with Gasteiger partial charge in [0.25, 0.3) is 0 Å². The van der Waals surface area contributed by atoms with Crippen molar-refractivity contribution in [1.82, 2.24) is 15.5 Å². The Morgan fingerprint density at radius 3 is 2.17 bits per heavy atom. The fourth-order valence-corrected chi connectivity index (χ4v) is 2.17. The summed E-state index contributed by atoms with van der Waals surface area (Å²) in [5.41, 5.74) is 1.01. The van der Waals surface area contributed by atoms with Crippen LogP contribution in [-0.2, 0) is 6.54 Å². The molecule has 0 saturated carbocycles. The van der Waals surface area contributed by atoms with Gasteiger partial charge in [-0.15, -0.1) is 0 Å². The number of hydrogen-bond donors (Lipinski definition) is 2. The highest BCUT2D eigenvalue weighted by Gasteiger charge is 2.13. The van der Waals surface area contributed by atoms with E-state index >= 15 is 0 Å². The summed E-state index contributed by atoms with van der Waals surface area (Å²) < 4.78 is 16.1. The Hall–Kier alpha value is -2.15. The molecule has 1 aromatic rings. The summed E-state index contributed by atoms with van der Waals surface area (Å²) in [5.74, 6) is 2.63. The van der Waals surface area contributed by atoms with Gasteiger partial charge in [-0.25, -0.2) is 0 Å². The first-order chi connectivity index (χ1) is 11.6. The van der Waals surface area contributed by atoms with Crippen LogP contribution >= 0.6 is 0 Å². The van der Waals surface area contributed by atoms with Gasteiger partial charge in [0, 0.05) is 26.7 Å². The first-order valence-corrected chi connectivity index (χ1v) is 8.01. The van der Waals surface area contributed by atoms with Crippen LogP contribution in [0.4, 0.5) is 0 Å². The molecule has 0 heterocycles. The van der Waals surface area contributed by atoms with Crippen molar-refractivity contribution in [2.24, 2.45) is 4.99 Å².